The van der Waals surface area contributed by atoms with Gasteiger partial charge in [0, 0.05) is 32.3 Å². The van der Waals surface area contributed by atoms with E-state index in [1.165, 1.54) is 62.1 Å². The number of hydrogen-bond donors (Lipinski definition) is 4. The number of benzene rings is 1. The zero-order valence-corrected chi connectivity index (χ0v) is 37.8. The molecule has 12 nitrogen and oxygen atoms in total. The highest BCUT2D eigenvalue weighted by molar-refractivity contribution is 14.1. The second-order valence-electron chi connectivity index (χ2n) is 17.8. The highest BCUT2D eigenvalue weighted by Crippen LogP contribution is 2.65. The van der Waals surface area contributed by atoms with Crippen LogP contribution in [-0.4, -0.2) is 100 Å². The molecule has 59 heavy (non-hydrogen) atoms. The van der Waals surface area contributed by atoms with Gasteiger partial charge in [-0.3, -0.25) is 19.2 Å². The van der Waals surface area contributed by atoms with Crippen LogP contribution in [-0.2, 0) is 9.47 Å². The standard InChI is InChI=1S/C20H32O.C17H27NO3.C9H11IN2O5/c1-3-20(21)13-11-18-17-9-8-14-6-4-5-7-15(14)16(17)10-12-19(18,20)2;1-2-3-12-20-16-5-7-17(8-6-16)21-13-4-9-18-10-14-19-15-11-18;10-4-2-12(9(16)11-8(4)15)7-1-5(14)6(3-13)17-7/h6,15-18,21H,3-5,7-13H2,1-2H3;5-8H,2-4,9-15H2,1H3;2,5-7,13-14H,1,3H2,(H,11,15,16)/t15-,16+,17+,18-,19-,20-;;5-,6+,7?/m0.0/s1. The van der Waals surface area contributed by atoms with Crippen molar-refractivity contribution in [1.29, 1.82) is 0 Å². The summed E-state index contributed by atoms with van der Waals surface area (Å²) in [5.41, 5.74) is 0.606. The second-order valence-corrected chi connectivity index (χ2v) is 18.9. The van der Waals surface area contributed by atoms with Crippen LogP contribution in [0.4, 0.5) is 0 Å². The summed E-state index contributed by atoms with van der Waals surface area (Å²) in [5, 5.41) is 29.7. The van der Waals surface area contributed by atoms with E-state index in [2.05, 4.69) is 36.7 Å². The quantitative estimate of drug-likeness (QED) is 0.101. The second kappa shape index (κ2) is 21.7. The number of aromatic nitrogens is 2. The Hall–Kier alpha value is -2.27. The van der Waals surface area contributed by atoms with Crippen molar-refractivity contribution in [2.75, 3.05) is 52.7 Å². The van der Waals surface area contributed by atoms with E-state index in [-0.39, 0.29) is 24.0 Å². The Morgan fingerprint density at radius 3 is 2.34 bits per heavy atom. The number of nitrogens with zero attached hydrogens (tertiary/aromatic N) is 2. The van der Waals surface area contributed by atoms with Gasteiger partial charge in [0.1, 0.15) is 23.8 Å². The van der Waals surface area contributed by atoms with Crippen LogP contribution >= 0.6 is 22.6 Å². The fraction of sp³-hybridized carbons (Fsp3) is 0.739. The summed E-state index contributed by atoms with van der Waals surface area (Å²) in [4.78, 5) is 27.3. The van der Waals surface area contributed by atoms with Gasteiger partial charge in [0.2, 0.25) is 0 Å². The number of aliphatic hydroxyl groups excluding tert-OH is 2. The number of aromatic amines is 1. The smallest absolute Gasteiger partial charge is 0.330 e. The van der Waals surface area contributed by atoms with Crippen LogP contribution < -0.4 is 20.7 Å². The molecule has 8 rings (SSSR count). The lowest BCUT2D eigenvalue weighted by Gasteiger charge is -2.55. The fourth-order valence-electron chi connectivity index (χ4n) is 11.0. The molecular weight excluding hydrogens is 865 g/mol. The number of nitrogens with one attached hydrogen (secondary N) is 1. The van der Waals surface area contributed by atoms with E-state index in [0.717, 1.165) is 113 Å². The molecular formula is C46H70IN3O9. The van der Waals surface area contributed by atoms with E-state index in [0.29, 0.717) is 3.57 Å². The summed E-state index contributed by atoms with van der Waals surface area (Å²) < 4.78 is 23.6. The van der Waals surface area contributed by atoms with Gasteiger partial charge in [-0.05, 0) is 153 Å². The summed E-state index contributed by atoms with van der Waals surface area (Å²) in [6.45, 7) is 12.9. The topological polar surface area (TPSA) is 156 Å². The number of fused-ring (bicyclic) bond motifs is 5. The number of hydrogen-bond acceptors (Lipinski definition) is 10. The number of halogens is 1. The van der Waals surface area contributed by atoms with Gasteiger partial charge in [0.25, 0.3) is 5.56 Å². The molecule has 0 bridgehead atoms. The van der Waals surface area contributed by atoms with Gasteiger partial charge < -0.3 is 34.3 Å². The molecule has 2 aromatic rings. The maximum atomic E-state index is 11.6. The molecule has 3 saturated carbocycles. The fourth-order valence-corrected chi connectivity index (χ4v) is 11.4. The monoisotopic (exact) mass is 935 g/mol. The Balaban J connectivity index is 0.000000150. The SMILES string of the molecule is CCCCOc1ccc(OCCCN2CCOCC2)cc1.CC[C@]1(O)CC[C@H]2[C@@H]3CCC4=CCCC[C@@H]4[C@H]3CC[C@@]21C.O=c1[nH]c(=O)n(C2C[C@H](O)[C@@H](CO)O2)cc1I. The van der Waals surface area contributed by atoms with E-state index >= 15 is 0 Å². The van der Waals surface area contributed by atoms with E-state index in [1.54, 1.807) is 22.6 Å². The number of morpholine rings is 1. The number of ether oxygens (including phenoxy) is 4. The minimum Gasteiger partial charge on any atom is -0.494 e. The zero-order chi connectivity index (χ0) is 42.0. The third kappa shape index (κ3) is 11.2. The summed E-state index contributed by atoms with van der Waals surface area (Å²) >= 11 is 1.80. The largest absolute Gasteiger partial charge is 0.494 e. The summed E-state index contributed by atoms with van der Waals surface area (Å²) in [6, 6.07) is 7.92. The molecule has 2 saturated heterocycles. The number of allylic oxidation sites excluding steroid dienone is 2. The first-order valence-electron chi connectivity index (χ1n) is 22.5. The molecule has 3 heterocycles. The number of rotatable bonds is 12. The maximum Gasteiger partial charge on any atom is 0.330 e. The number of H-pyrrole nitrogens is 1. The Morgan fingerprint density at radius 2 is 1.68 bits per heavy atom. The average molecular weight is 936 g/mol. The van der Waals surface area contributed by atoms with Gasteiger partial charge in [-0.2, -0.15) is 0 Å². The minimum atomic E-state index is -0.818. The van der Waals surface area contributed by atoms with Gasteiger partial charge in [-0.25, -0.2) is 4.79 Å². The molecule has 6 aliphatic rings. The molecule has 4 N–H and O–H groups in total. The van der Waals surface area contributed by atoms with Crippen molar-refractivity contribution in [3.63, 3.8) is 0 Å². The van der Waals surface area contributed by atoms with E-state index in [9.17, 15) is 19.8 Å². The van der Waals surface area contributed by atoms with Crippen LogP contribution in [0.5, 0.6) is 11.5 Å². The van der Waals surface area contributed by atoms with Gasteiger partial charge >= 0.3 is 5.69 Å². The van der Waals surface area contributed by atoms with Crippen LogP contribution in [0.1, 0.15) is 117 Å². The molecule has 0 spiro atoms. The first-order valence-corrected chi connectivity index (χ1v) is 23.6. The first kappa shape index (κ1) is 46.2. The van der Waals surface area contributed by atoms with Crippen LogP contribution in [0.3, 0.4) is 0 Å². The third-order valence-corrected chi connectivity index (χ3v) is 15.3. The molecule has 13 heteroatoms. The van der Waals surface area contributed by atoms with Crippen LogP contribution in [0.15, 0.2) is 51.7 Å². The van der Waals surface area contributed by atoms with Crippen molar-refractivity contribution in [3.05, 3.63) is 66.5 Å². The third-order valence-electron chi connectivity index (χ3n) is 14.5. The van der Waals surface area contributed by atoms with Crippen molar-refractivity contribution < 1.29 is 34.3 Å². The van der Waals surface area contributed by atoms with Crippen LogP contribution in [0, 0.1) is 32.7 Å². The van der Waals surface area contributed by atoms with Crippen molar-refractivity contribution in [1.82, 2.24) is 14.5 Å². The van der Waals surface area contributed by atoms with E-state index < -0.39 is 29.7 Å². The maximum absolute atomic E-state index is 11.6. The van der Waals surface area contributed by atoms with Crippen molar-refractivity contribution in [2.45, 2.75) is 135 Å². The van der Waals surface area contributed by atoms with Gasteiger partial charge in [0.05, 0.1) is 48.3 Å². The lowest BCUT2D eigenvalue weighted by atomic mass is 9.50. The van der Waals surface area contributed by atoms with Crippen molar-refractivity contribution >= 4 is 22.6 Å². The summed E-state index contributed by atoms with van der Waals surface area (Å²) in [5.74, 6) is 5.40. The molecule has 1 unspecified atom stereocenters. The average Bonchev–Trinajstić information content (AvgIpc) is 3.77. The Labute approximate surface area is 364 Å². The van der Waals surface area contributed by atoms with Crippen LogP contribution in [0.2, 0.25) is 0 Å². The Morgan fingerprint density at radius 1 is 0.966 bits per heavy atom. The lowest BCUT2D eigenvalue weighted by molar-refractivity contribution is -0.119. The highest BCUT2D eigenvalue weighted by Gasteiger charge is 2.61. The van der Waals surface area contributed by atoms with Crippen molar-refractivity contribution in [2.24, 2.45) is 29.1 Å². The molecule has 1 aromatic heterocycles. The lowest BCUT2D eigenvalue weighted by Crippen LogP contribution is -2.52. The summed E-state index contributed by atoms with van der Waals surface area (Å²) in [7, 11) is 0. The molecule has 9 atom stereocenters. The normalized spacial score (nSPS) is 32.6. The number of aliphatic hydroxyl groups is 3. The molecule has 5 fully saturated rings. The predicted octanol–water partition coefficient (Wildman–Crippen LogP) is 6.84. The predicted molar refractivity (Wildman–Crippen MR) is 237 cm³/mol. The summed E-state index contributed by atoms with van der Waals surface area (Å²) in [6.07, 6.45) is 18.2. The molecule has 1 aromatic carbocycles. The van der Waals surface area contributed by atoms with Crippen molar-refractivity contribution in [3.8, 4) is 11.5 Å². The molecule has 4 aliphatic carbocycles. The van der Waals surface area contributed by atoms with E-state index in [4.69, 9.17) is 24.1 Å². The highest BCUT2D eigenvalue weighted by atomic mass is 127. The number of unbranched alkanes of at least 4 members (excludes halogenated alkanes) is 1. The van der Waals surface area contributed by atoms with E-state index in [1.807, 2.05) is 29.8 Å². The van der Waals surface area contributed by atoms with Crippen LogP contribution in [0.25, 0.3) is 0 Å². The molecule has 0 radical (unpaired) electrons. The minimum absolute atomic E-state index is 0.202. The van der Waals surface area contributed by atoms with Gasteiger partial charge in [-0.15, -0.1) is 0 Å². The molecule has 0 amide bonds. The van der Waals surface area contributed by atoms with Gasteiger partial charge in [0.15, 0.2) is 0 Å². The Kier molecular flexibility index (Phi) is 17.0. The Bertz CT molecular complexity index is 1760. The van der Waals surface area contributed by atoms with Gasteiger partial charge in [-0.1, -0.05) is 38.8 Å². The first-order chi connectivity index (χ1) is 28.5. The molecule has 2 aliphatic heterocycles. The molecule has 330 valence electrons. The zero-order valence-electron chi connectivity index (χ0n) is 35.6.